The first-order valence-corrected chi connectivity index (χ1v) is 6.34. The quantitative estimate of drug-likeness (QED) is 0.758. The molecule has 2 saturated heterocycles. The van der Waals surface area contributed by atoms with E-state index in [0.29, 0.717) is 0 Å². The zero-order valence-corrected chi connectivity index (χ0v) is 9.87. The molecule has 1 N–H and O–H groups in total. The van der Waals surface area contributed by atoms with Crippen LogP contribution >= 0.6 is 0 Å². The van der Waals surface area contributed by atoms with E-state index in [1.54, 1.807) is 0 Å². The van der Waals surface area contributed by atoms with Crippen LogP contribution in [0.2, 0.25) is 0 Å². The van der Waals surface area contributed by atoms with Crippen molar-refractivity contribution in [1.82, 2.24) is 10.2 Å². The number of hydrogen-bond donors (Lipinski definition) is 1. The van der Waals surface area contributed by atoms with Gasteiger partial charge in [-0.1, -0.05) is 0 Å². The van der Waals surface area contributed by atoms with Crippen LogP contribution in [0.4, 0.5) is 0 Å². The van der Waals surface area contributed by atoms with Gasteiger partial charge in [0.15, 0.2) is 0 Å². The molecule has 2 aliphatic rings. The van der Waals surface area contributed by atoms with Crippen LogP contribution in [0.1, 0.15) is 25.7 Å². The molecule has 15 heavy (non-hydrogen) atoms. The number of hydrogen-bond acceptors (Lipinski definition) is 3. The first-order chi connectivity index (χ1) is 7.40. The van der Waals surface area contributed by atoms with Crippen molar-refractivity contribution in [3.05, 3.63) is 0 Å². The Morgan fingerprint density at radius 3 is 2.80 bits per heavy atom. The minimum atomic E-state index is 0.777. The Labute approximate surface area is 93.2 Å². The van der Waals surface area contributed by atoms with Crippen LogP contribution in [-0.2, 0) is 4.74 Å². The summed E-state index contributed by atoms with van der Waals surface area (Å²) in [6.45, 7) is 5.93. The molecular weight excluding hydrogens is 188 g/mol. The summed E-state index contributed by atoms with van der Waals surface area (Å²) in [5.41, 5.74) is 0. The summed E-state index contributed by atoms with van der Waals surface area (Å²) < 4.78 is 5.28. The third-order valence-corrected chi connectivity index (χ3v) is 3.78. The van der Waals surface area contributed by atoms with E-state index in [4.69, 9.17) is 4.74 Å². The monoisotopic (exact) mass is 212 g/mol. The first kappa shape index (κ1) is 11.4. The van der Waals surface area contributed by atoms with Gasteiger partial charge >= 0.3 is 0 Å². The van der Waals surface area contributed by atoms with Gasteiger partial charge in [-0.05, 0) is 51.2 Å². The van der Waals surface area contributed by atoms with Gasteiger partial charge in [0.05, 0.1) is 6.61 Å². The predicted octanol–water partition coefficient (Wildman–Crippen LogP) is 1.10. The lowest BCUT2D eigenvalue weighted by molar-refractivity contribution is 0.0590. The van der Waals surface area contributed by atoms with Crippen LogP contribution in [0, 0.1) is 5.92 Å². The Kier molecular flexibility index (Phi) is 4.42. The van der Waals surface area contributed by atoms with Crippen molar-refractivity contribution in [2.75, 3.05) is 39.9 Å². The third kappa shape index (κ3) is 3.16. The van der Waals surface area contributed by atoms with Gasteiger partial charge in [0.2, 0.25) is 0 Å². The van der Waals surface area contributed by atoms with E-state index in [1.807, 2.05) is 7.11 Å². The van der Waals surface area contributed by atoms with Gasteiger partial charge in [0.1, 0.15) is 0 Å². The number of piperidine rings is 2. The second kappa shape index (κ2) is 5.83. The molecule has 0 spiro atoms. The molecule has 0 bridgehead atoms. The van der Waals surface area contributed by atoms with Gasteiger partial charge in [-0.2, -0.15) is 0 Å². The first-order valence-electron chi connectivity index (χ1n) is 6.34. The van der Waals surface area contributed by atoms with E-state index in [1.165, 1.54) is 51.9 Å². The van der Waals surface area contributed by atoms with Gasteiger partial charge in [-0.25, -0.2) is 0 Å². The van der Waals surface area contributed by atoms with Crippen molar-refractivity contribution in [2.24, 2.45) is 5.92 Å². The summed E-state index contributed by atoms with van der Waals surface area (Å²) in [6, 6.07) is 0.839. The van der Waals surface area contributed by atoms with Crippen molar-refractivity contribution < 1.29 is 4.74 Å². The van der Waals surface area contributed by atoms with E-state index < -0.39 is 0 Å². The lowest BCUT2D eigenvalue weighted by Gasteiger charge is -2.40. The van der Waals surface area contributed by atoms with Gasteiger partial charge in [-0.15, -0.1) is 0 Å². The molecule has 88 valence electrons. The molecule has 3 nitrogen and oxygen atoms in total. The molecule has 2 fully saturated rings. The SMILES string of the molecule is COCC1CCCN(C2CCNCC2)C1. The maximum Gasteiger partial charge on any atom is 0.0502 e. The number of methoxy groups -OCH3 is 1. The highest BCUT2D eigenvalue weighted by Gasteiger charge is 2.26. The van der Waals surface area contributed by atoms with Gasteiger partial charge in [0, 0.05) is 19.7 Å². The van der Waals surface area contributed by atoms with E-state index in [0.717, 1.165) is 18.6 Å². The Hall–Kier alpha value is -0.120. The lowest BCUT2D eigenvalue weighted by atomic mass is 9.95. The topological polar surface area (TPSA) is 24.5 Å². The third-order valence-electron chi connectivity index (χ3n) is 3.78. The second-order valence-electron chi connectivity index (χ2n) is 4.94. The van der Waals surface area contributed by atoms with Crippen LogP contribution in [0.5, 0.6) is 0 Å². The van der Waals surface area contributed by atoms with Gasteiger partial charge < -0.3 is 10.1 Å². The number of nitrogens with one attached hydrogen (secondary N) is 1. The molecule has 3 heteroatoms. The van der Waals surface area contributed by atoms with Gasteiger partial charge in [-0.3, -0.25) is 4.90 Å². The number of likely N-dealkylation sites (tertiary alicyclic amines) is 1. The van der Waals surface area contributed by atoms with E-state index in [2.05, 4.69) is 10.2 Å². The molecule has 2 aliphatic heterocycles. The van der Waals surface area contributed by atoms with Crippen LogP contribution < -0.4 is 5.32 Å². The lowest BCUT2D eigenvalue weighted by Crippen LogP contribution is -2.48. The Morgan fingerprint density at radius 1 is 1.27 bits per heavy atom. The fourth-order valence-electron chi connectivity index (χ4n) is 2.97. The van der Waals surface area contributed by atoms with Crippen LogP contribution in [0.25, 0.3) is 0 Å². The standard InChI is InChI=1S/C12H24N2O/c1-15-10-11-3-2-8-14(9-11)12-4-6-13-7-5-12/h11-13H,2-10H2,1H3. The number of ether oxygens (including phenoxy) is 1. The molecule has 2 heterocycles. The molecule has 2 rings (SSSR count). The Bertz CT molecular complexity index is 178. The molecule has 0 amide bonds. The minimum Gasteiger partial charge on any atom is -0.384 e. The zero-order chi connectivity index (χ0) is 10.5. The van der Waals surface area contributed by atoms with E-state index in [9.17, 15) is 0 Å². The van der Waals surface area contributed by atoms with Crippen LogP contribution in [0.3, 0.4) is 0 Å². The number of nitrogens with zero attached hydrogens (tertiary/aromatic N) is 1. The molecule has 0 aromatic heterocycles. The maximum atomic E-state index is 5.28. The highest BCUT2D eigenvalue weighted by atomic mass is 16.5. The molecule has 0 aromatic rings. The van der Waals surface area contributed by atoms with Crippen molar-refractivity contribution in [2.45, 2.75) is 31.7 Å². The molecule has 0 aliphatic carbocycles. The van der Waals surface area contributed by atoms with Crippen molar-refractivity contribution >= 4 is 0 Å². The normalized spacial score (nSPS) is 30.6. The molecule has 1 atom stereocenters. The van der Waals surface area contributed by atoms with Crippen molar-refractivity contribution in [1.29, 1.82) is 0 Å². The maximum absolute atomic E-state index is 5.28. The average molecular weight is 212 g/mol. The van der Waals surface area contributed by atoms with Crippen LogP contribution in [0.15, 0.2) is 0 Å². The largest absolute Gasteiger partial charge is 0.384 e. The zero-order valence-electron chi connectivity index (χ0n) is 9.87. The summed E-state index contributed by atoms with van der Waals surface area (Å²) in [5.74, 6) is 0.777. The van der Waals surface area contributed by atoms with E-state index >= 15 is 0 Å². The summed E-state index contributed by atoms with van der Waals surface area (Å²) in [6.07, 6.45) is 5.38. The minimum absolute atomic E-state index is 0.777. The van der Waals surface area contributed by atoms with Crippen LogP contribution in [-0.4, -0.2) is 50.8 Å². The molecule has 0 saturated carbocycles. The van der Waals surface area contributed by atoms with Crippen molar-refractivity contribution in [3.63, 3.8) is 0 Å². The Morgan fingerprint density at radius 2 is 2.07 bits per heavy atom. The van der Waals surface area contributed by atoms with E-state index in [-0.39, 0.29) is 0 Å². The summed E-state index contributed by atoms with van der Waals surface area (Å²) in [5, 5.41) is 3.44. The average Bonchev–Trinajstić information content (AvgIpc) is 2.31. The fourth-order valence-corrected chi connectivity index (χ4v) is 2.97. The smallest absolute Gasteiger partial charge is 0.0502 e. The fraction of sp³-hybridized carbons (Fsp3) is 1.00. The summed E-state index contributed by atoms with van der Waals surface area (Å²) in [7, 11) is 1.82. The predicted molar refractivity (Wildman–Crippen MR) is 62.1 cm³/mol. The molecule has 0 aromatic carbocycles. The van der Waals surface area contributed by atoms with Crippen molar-refractivity contribution in [3.8, 4) is 0 Å². The Balaban J connectivity index is 1.80. The highest BCUT2D eigenvalue weighted by Crippen LogP contribution is 2.22. The van der Waals surface area contributed by atoms with Gasteiger partial charge in [0.25, 0.3) is 0 Å². The highest BCUT2D eigenvalue weighted by molar-refractivity contribution is 4.82. The molecular formula is C12H24N2O. The summed E-state index contributed by atoms with van der Waals surface area (Å²) >= 11 is 0. The number of rotatable bonds is 3. The second-order valence-corrected chi connectivity index (χ2v) is 4.94. The molecule has 1 unspecified atom stereocenters. The summed E-state index contributed by atoms with van der Waals surface area (Å²) in [4.78, 5) is 2.70. The molecule has 0 radical (unpaired) electrons.